The Balaban J connectivity index is 1.63. The third-order valence-corrected chi connectivity index (χ3v) is 2.33. The molecule has 0 aromatic carbocycles. The van der Waals surface area contributed by atoms with Crippen LogP contribution in [0, 0.1) is 5.95 Å². The fourth-order valence-corrected chi connectivity index (χ4v) is 1.48. The van der Waals surface area contributed by atoms with Crippen LogP contribution in [-0.2, 0) is 6.54 Å². The number of pyridine rings is 1. The minimum atomic E-state index is -0.459. The third kappa shape index (κ3) is 3.82. The molecule has 0 aliphatic rings. The van der Waals surface area contributed by atoms with E-state index >= 15 is 0 Å². The maximum Gasteiger partial charge on any atom is 0.214 e. The molecule has 0 aliphatic heterocycles. The molecule has 5 nitrogen and oxygen atoms in total. The summed E-state index contributed by atoms with van der Waals surface area (Å²) in [6.07, 6.45) is 5.39. The van der Waals surface area contributed by atoms with Crippen molar-refractivity contribution in [3.63, 3.8) is 0 Å². The number of aromatic nitrogens is 4. The second-order valence-electron chi connectivity index (χ2n) is 3.68. The van der Waals surface area contributed by atoms with Crippen molar-refractivity contribution in [3.05, 3.63) is 36.8 Å². The average Bonchev–Trinajstić information content (AvgIpc) is 2.82. The number of rotatable bonds is 6. The molecule has 2 heterocycles. The molecule has 0 fully saturated rings. The first-order valence-corrected chi connectivity index (χ1v) is 5.53. The first-order chi connectivity index (χ1) is 8.34. The van der Waals surface area contributed by atoms with Gasteiger partial charge in [-0.3, -0.25) is 0 Å². The van der Waals surface area contributed by atoms with E-state index in [0.29, 0.717) is 5.82 Å². The average molecular weight is 235 g/mol. The molecule has 2 aromatic rings. The molecule has 0 amide bonds. The van der Waals surface area contributed by atoms with Gasteiger partial charge in [0.25, 0.3) is 0 Å². The van der Waals surface area contributed by atoms with Crippen molar-refractivity contribution in [2.45, 2.75) is 19.4 Å². The highest BCUT2D eigenvalue weighted by Gasteiger charge is 1.96. The molecule has 17 heavy (non-hydrogen) atoms. The smallest absolute Gasteiger partial charge is 0.214 e. The molecule has 0 unspecified atom stereocenters. The van der Waals surface area contributed by atoms with Crippen molar-refractivity contribution in [3.8, 4) is 0 Å². The molecule has 0 saturated heterocycles. The van der Waals surface area contributed by atoms with E-state index in [4.69, 9.17) is 0 Å². The summed E-state index contributed by atoms with van der Waals surface area (Å²) in [4.78, 5) is 3.72. The van der Waals surface area contributed by atoms with Crippen LogP contribution in [0.25, 0.3) is 0 Å². The van der Waals surface area contributed by atoms with Crippen LogP contribution in [-0.4, -0.2) is 26.3 Å². The van der Waals surface area contributed by atoms with Gasteiger partial charge in [-0.25, -0.2) is 4.98 Å². The van der Waals surface area contributed by atoms with E-state index in [0.717, 1.165) is 25.9 Å². The molecule has 0 aliphatic carbocycles. The lowest BCUT2D eigenvalue weighted by Gasteiger charge is -2.05. The topological polar surface area (TPSA) is 55.6 Å². The van der Waals surface area contributed by atoms with Crippen LogP contribution in [0.15, 0.2) is 30.9 Å². The zero-order chi connectivity index (χ0) is 11.9. The minimum Gasteiger partial charge on any atom is -0.370 e. The van der Waals surface area contributed by atoms with Crippen molar-refractivity contribution >= 4 is 5.82 Å². The van der Waals surface area contributed by atoms with E-state index in [-0.39, 0.29) is 0 Å². The van der Waals surface area contributed by atoms with E-state index < -0.39 is 5.95 Å². The first kappa shape index (κ1) is 11.5. The van der Waals surface area contributed by atoms with Gasteiger partial charge in [-0.1, -0.05) is 6.07 Å². The lowest BCUT2D eigenvalue weighted by Crippen LogP contribution is -2.05. The Labute approximate surface area is 98.7 Å². The zero-order valence-electron chi connectivity index (χ0n) is 9.38. The summed E-state index contributed by atoms with van der Waals surface area (Å²) in [6, 6.07) is 4.72. The quantitative estimate of drug-likeness (QED) is 0.611. The Hall–Kier alpha value is -1.98. The number of nitrogens with one attached hydrogen (secondary N) is 1. The molecule has 2 rings (SSSR count). The molecule has 0 radical (unpaired) electrons. The number of hydrogen-bond donors (Lipinski definition) is 1. The van der Waals surface area contributed by atoms with Gasteiger partial charge in [0.1, 0.15) is 18.5 Å². The number of aryl methyl sites for hydroxylation is 1. The molecule has 0 atom stereocenters. The van der Waals surface area contributed by atoms with Crippen LogP contribution in [0.5, 0.6) is 0 Å². The Morgan fingerprint density at radius 3 is 2.76 bits per heavy atom. The zero-order valence-corrected chi connectivity index (χ0v) is 9.38. The summed E-state index contributed by atoms with van der Waals surface area (Å²) in [5, 5.41) is 10.5. The van der Waals surface area contributed by atoms with E-state index in [9.17, 15) is 4.39 Å². The summed E-state index contributed by atoms with van der Waals surface area (Å²) in [5.41, 5.74) is 0. The van der Waals surface area contributed by atoms with Crippen molar-refractivity contribution in [2.24, 2.45) is 0 Å². The molecular formula is C11H14FN5. The van der Waals surface area contributed by atoms with Gasteiger partial charge in [-0.05, 0) is 25.0 Å². The number of unbranched alkanes of at least 4 members (excludes halogenated alkanes) is 1. The summed E-state index contributed by atoms with van der Waals surface area (Å²) in [6.45, 7) is 1.67. The van der Waals surface area contributed by atoms with Crippen LogP contribution >= 0.6 is 0 Å². The largest absolute Gasteiger partial charge is 0.370 e. The fraction of sp³-hybridized carbons (Fsp3) is 0.364. The third-order valence-electron chi connectivity index (χ3n) is 2.33. The van der Waals surface area contributed by atoms with E-state index in [1.807, 2.05) is 4.57 Å². The first-order valence-electron chi connectivity index (χ1n) is 5.53. The summed E-state index contributed by atoms with van der Waals surface area (Å²) >= 11 is 0. The Bertz CT molecular complexity index is 443. The van der Waals surface area contributed by atoms with Crippen LogP contribution in [0.4, 0.5) is 10.2 Å². The standard InChI is InChI=1S/C11H14FN5/c12-10-4-3-5-11(16-10)13-6-1-2-7-17-8-14-15-9-17/h3-5,8-9H,1-2,6-7H2,(H,13,16). The molecule has 6 heteroatoms. The van der Waals surface area contributed by atoms with Crippen molar-refractivity contribution in [1.82, 2.24) is 19.7 Å². The second-order valence-corrected chi connectivity index (χ2v) is 3.68. The van der Waals surface area contributed by atoms with Crippen LogP contribution < -0.4 is 5.32 Å². The molecule has 0 bridgehead atoms. The second kappa shape index (κ2) is 5.93. The highest BCUT2D eigenvalue weighted by atomic mass is 19.1. The molecule has 0 spiro atoms. The van der Waals surface area contributed by atoms with Crippen LogP contribution in [0.1, 0.15) is 12.8 Å². The number of halogens is 1. The molecule has 0 saturated carbocycles. The van der Waals surface area contributed by atoms with Gasteiger partial charge in [-0.2, -0.15) is 4.39 Å². The maximum absolute atomic E-state index is 12.8. The maximum atomic E-state index is 12.8. The van der Waals surface area contributed by atoms with Crippen molar-refractivity contribution in [2.75, 3.05) is 11.9 Å². The van der Waals surface area contributed by atoms with Gasteiger partial charge in [0.2, 0.25) is 5.95 Å². The van der Waals surface area contributed by atoms with Gasteiger partial charge in [0, 0.05) is 13.1 Å². The lowest BCUT2D eigenvalue weighted by molar-refractivity contribution is 0.583. The molecular weight excluding hydrogens is 221 g/mol. The van der Waals surface area contributed by atoms with Gasteiger partial charge < -0.3 is 9.88 Å². The molecule has 2 aromatic heterocycles. The van der Waals surface area contributed by atoms with Crippen LogP contribution in [0.2, 0.25) is 0 Å². The van der Waals surface area contributed by atoms with E-state index in [1.165, 1.54) is 6.07 Å². The number of hydrogen-bond acceptors (Lipinski definition) is 4. The van der Waals surface area contributed by atoms with Gasteiger partial charge in [0.05, 0.1) is 0 Å². The van der Waals surface area contributed by atoms with Gasteiger partial charge in [0.15, 0.2) is 0 Å². The predicted octanol–water partition coefficient (Wildman–Crippen LogP) is 1.70. The normalized spacial score (nSPS) is 10.4. The number of nitrogens with zero attached hydrogens (tertiary/aromatic N) is 4. The van der Waals surface area contributed by atoms with Gasteiger partial charge in [-0.15, -0.1) is 10.2 Å². The predicted molar refractivity (Wildman–Crippen MR) is 61.9 cm³/mol. The molecule has 90 valence electrons. The number of anilines is 1. The lowest BCUT2D eigenvalue weighted by atomic mass is 10.3. The highest BCUT2D eigenvalue weighted by Crippen LogP contribution is 2.04. The Morgan fingerprint density at radius 2 is 2.00 bits per heavy atom. The van der Waals surface area contributed by atoms with Crippen molar-refractivity contribution in [1.29, 1.82) is 0 Å². The van der Waals surface area contributed by atoms with Gasteiger partial charge >= 0.3 is 0 Å². The highest BCUT2D eigenvalue weighted by molar-refractivity contribution is 5.33. The SMILES string of the molecule is Fc1cccc(NCCCCn2cnnc2)n1. The molecule has 1 N–H and O–H groups in total. The summed E-state index contributed by atoms with van der Waals surface area (Å²) < 4.78 is 14.7. The summed E-state index contributed by atoms with van der Waals surface area (Å²) in [5.74, 6) is 0.119. The Kier molecular flexibility index (Phi) is 4.01. The van der Waals surface area contributed by atoms with E-state index in [2.05, 4.69) is 20.5 Å². The van der Waals surface area contributed by atoms with E-state index in [1.54, 1.807) is 24.8 Å². The van der Waals surface area contributed by atoms with Crippen molar-refractivity contribution < 1.29 is 4.39 Å². The minimum absolute atomic E-state index is 0.459. The monoisotopic (exact) mass is 235 g/mol. The fourth-order valence-electron chi connectivity index (χ4n) is 1.48. The Morgan fingerprint density at radius 1 is 1.18 bits per heavy atom. The van der Waals surface area contributed by atoms with Crippen LogP contribution in [0.3, 0.4) is 0 Å². The summed E-state index contributed by atoms with van der Waals surface area (Å²) in [7, 11) is 0.